The lowest BCUT2D eigenvalue weighted by molar-refractivity contribution is -0.141. The van der Waals surface area contributed by atoms with Crippen molar-refractivity contribution in [3.63, 3.8) is 0 Å². The first-order chi connectivity index (χ1) is 10.3. The van der Waals surface area contributed by atoms with Crippen molar-refractivity contribution in [2.75, 3.05) is 13.2 Å². The van der Waals surface area contributed by atoms with Gasteiger partial charge < -0.3 is 9.47 Å². The predicted octanol–water partition coefficient (Wildman–Crippen LogP) is 4.08. The van der Waals surface area contributed by atoms with Gasteiger partial charge in [0.15, 0.2) is 0 Å². The standard InChI is InChI=1S/C18H20O3/c1-15(19)20-13-5-6-14-21-18-11-9-17(10-12-18)16-7-3-2-4-8-16/h2-4,7-12H,5-6,13-14H2,1H3. The highest BCUT2D eigenvalue weighted by Crippen LogP contribution is 2.22. The van der Waals surface area contributed by atoms with Crippen molar-refractivity contribution >= 4 is 5.97 Å². The largest absolute Gasteiger partial charge is 0.494 e. The van der Waals surface area contributed by atoms with E-state index in [0.717, 1.165) is 18.6 Å². The molecule has 2 aromatic carbocycles. The first-order valence-corrected chi connectivity index (χ1v) is 7.17. The van der Waals surface area contributed by atoms with E-state index in [9.17, 15) is 4.79 Å². The number of carbonyl (C=O) groups excluding carboxylic acids is 1. The molecule has 0 radical (unpaired) electrons. The molecule has 0 fully saturated rings. The van der Waals surface area contributed by atoms with Crippen LogP contribution in [-0.4, -0.2) is 19.2 Å². The van der Waals surface area contributed by atoms with Crippen LogP contribution in [0, 0.1) is 0 Å². The van der Waals surface area contributed by atoms with Crippen molar-refractivity contribution in [3.8, 4) is 16.9 Å². The summed E-state index contributed by atoms with van der Waals surface area (Å²) in [5, 5.41) is 0. The number of hydrogen-bond acceptors (Lipinski definition) is 3. The molecule has 110 valence electrons. The normalized spacial score (nSPS) is 10.1. The van der Waals surface area contributed by atoms with Gasteiger partial charge in [0.1, 0.15) is 5.75 Å². The Balaban J connectivity index is 1.74. The van der Waals surface area contributed by atoms with Crippen molar-refractivity contribution in [1.82, 2.24) is 0 Å². The average molecular weight is 284 g/mol. The van der Waals surface area contributed by atoms with Gasteiger partial charge in [-0.1, -0.05) is 42.5 Å². The van der Waals surface area contributed by atoms with Crippen molar-refractivity contribution in [2.24, 2.45) is 0 Å². The zero-order valence-corrected chi connectivity index (χ0v) is 12.2. The Hall–Kier alpha value is -2.29. The number of ether oxygens (including phenoxy) is 2. The van der Waals surface area contributed by atoms with Crippen molar-refractivity contribution in [1.29, 1.82) is 0 Å². The molecule has 0 aliphatic rings. The number of esters is 1. The summed E-state index contributed by atoms with van der Waals surface area (Å²) in [7, 11) is 0. The van der Waals surface area contributed by atoms with E-state index in [0.29, 0.717) is 13.2 Å². The first-order valence-electron chi connectivity index (χ1n) is 7.17. The van der Waals surface area contributed by atoms with E-state index in [1.165, 1.54) is 18.1 Å². The minimum Gasteiger partial charge on any atom is -0.494 e. The molecular weight excluding hydrogens is 264 g/mol. The predicted molar refractivity (Wildman–Crippen MR) is 83.2 cm³/mol. The fourth-order valence-electron chi connectivity index (χ4n) is 1.98. The SMILES string of the molecule is CC(=O)OCCCCOc1ccc(-c2ccccc2)cc1. The van der Waals surface area contributed by atoms with Gasteiger partial charge in [-0.3, -0.25) is 4.79 Å². The maximum atomic E-state index is 10.6. The van der Waals surface area contributed by atoms with E-state index >= 15 is 0 Å². The lowest BCUT2D eigenvalue weighted by atomic mass is 10.1. The lowest BCUT2D eigenvalue weighted by Gasteiger charge is -2.07. The zero-order chi connectivity index (χ0) is 14.9. The Labute approximate surface area is 125 Å². The lowest BCUT2D eigenvalue weighted by Crippen LogP contribution is -2.03. The van der Waals surface area contributed by atoms with E-state index in [1.54, 1.807) is 0 Å². The summed E-state index contributed by atoms with van der Waals surface area (Å²) in [5.41, 5.74) is 2.38. The molecule has 0 spiro atoms. The van der Waals surface area contributed by atoms with Crippen molar-refractivity contribution < 1.29 is 14.3 Å². The van der Waals surface area contributed by atoms with E-state index in [-0.39, 0.29) is 5.97 Å². The van der Waals surface area contributed by atoms with Crippen LogP contribution in [0.5, 0.6) is 5.75 Å². The Bertz CT molecular complexity index is 546. The van der Waals surface area contributed by atoms with Crippen LogP contribution in [0.2, 0.25) is 0 Å². The molecule has 0 atom stereocenters. The van der Waals surface area contributed by atoms with Gasteiger partial charge in [-0.25, -0.2) is 0 Å². The summed E-state index contributed by atoms with van der Waals surface area (Å²) >= 11 is 0. The second-order valence-corrected chi connectivity index (χ2v) is 4.79. The van der Waals surface area contributed by atoms with Crippen molar-refractivity contribution in [2.45, 2.75) is 19.8 Å². The Morgan fingerprint density at radius 2 is 1.48 bits per heavy atom. The Morgan fingerprint density at radius 3 is 2.14 bits per heavy atom. The number of unbranched alkanes of at least 4 members (excludes halogenated alkanes) is 1. The van der Waals surface area contributed by atoms with Gasteiger partial charge in [0.05, 0.1) is 13.2 Å². The molecule has 0 N–H and O–H groups in total. The van der Waals surface area contributed by atoms with E-state index < -0.39 is 0 Å². The van der Waals surface area contributed by atoms with E-state index in [2.05, 4.69) is 24.3 Å². The average Bonchev–Trinajstić information content (AvgIpc) is 2.52. The highest BCUT2D eigenvalue weighted by atomic mass is 16.5. The third-order valence-electron chi connectivity index (χ3n) is 3.07. The van der Waals surface area contributed by atoms with Crippen LogP contribution in [0.1, 0.15) is 19.8 Å². The van der Waals surface area contributed by atoms with Crippen LogP contribution in [0.3, 0.4) is 0 Å². The molecule has 2 rings (SSSR count). The van der Waals surface area contributed by atoms with Crippen LogP contribution in [0.15, 0.2) is 54.6 Å². The molecule has 0 heterocycles. The maximum absolute atomic E-state index is 10.6. The summed E-state index contributed by atoms with van der Waals surface area (Å²) in [4.78, 5) is 10.6. The molecule has 0 aliphatic carbocycles. The summed E-state index contributed by atoms with van der Waals surface area (Å²) in [6.45, 7) is 2.52. The van der Waals surface area contributed by atoms with Gasteiger partial charge in [0.2, 0.25) is 0 Å². The molecule has 0 saturated carbocycles. The molecule has 3 nitrogen and oxygen atoms in total. The van der Waals surface area contributed by atoms with Gasteiger partial charge >= 0.3 is 5.97 Å². The maximum Gasteiger partial charge on any atom is 0.302 e. The zero-order valence-electron chi connectivity index (χ0n) is 12.2. The minimum atomic E-state index is -0.229. The Kier molecular flexibility index (Phi) is 5.83. The number of benzene rings is 2. The Morgan fingerprint density at radius 1 is 0.857 bits per heavy atom. The number of rotatable bonds is 7. The summed E-state index contributed by atoms with van der Waals surface area (Å²) < 4.78 is 10.5. The first kappa shape index (κ1) is 15.1. The monoisotopic (exact) mass is 284 g/mol. The molecule has 0 aliphatic heterocycles. The topological polar surface area (TPSA) is 35.5 Å². The third-order valence-corrected chi connectivity index (χ3v) is 3.07. The van der Waals surface area contributed by atoms with Crippen LogP contribution < -0.4 is 4.74 Å². The highest BCUT2D eigenvalue weighted by Gasteiger charge is 1.98. The summed E-state index contributed by atoms with van der Waals surface area (Å²) in [6, 6.07) is 18.3. The van der Waals surface area contributed by atoms with Gasteiger partial charge in [-0.05, 0) is 36.1 Å². The number of hydrogen-bond donors (Lipinski definition) is 0. The van der Waals surface area contributed by atoms with Gasteiger partial charge in [-0.2, -0.15) is 0 Å². The van der Waals surface area contributed by atoms with Crippen molar-refractivity contribution in [3.05, 3.63) is 54.6 Å². The fourth-order valence-corrected chi connectivity index (χ4v) is 1.98. The van der Waals surface area contributed by atoms with E-state index in [1.807, 2.05) is 30.3 Å². The van der Waals surface area contributed by atoms with Crippen LogP contribution >= 0.6 is 0 Å². The molecular formula is C18H20O3. The van der Waals surface area contributed by atoms with Crippen LogP contribution in [-0.2, 0) is 9.53 Å². The van der Waals surface area contributed by atoms with Gasteiger partial charge in [-0.15, -0.1) is 0 Å². The van der Waals surface area contributed by atoms with Crippen LogP contribution in [0.4, 0.5) is 0 Å². The smallest absolute Gasteiger partial charge is 0.302 e. The molecule has 2 aromatic rings. The van der Waals surface area contributed by atoms with E-state index in [4.69, 9.17) is 9.47 Å². The molecule has 21 heavy (non-hydrogen) atoms. The molecule has 0 saturated heterocycles. The second-order valence-electron chi connectivity index (χ2n) is 4.79. The molecule has 3 heteroatoms. The molecule has 0 amide bonds. The minimum absolute atomic E-state index is 0.229. The quantitative estimate of drug-likeness (QED) is 0.568. The second kappa shape index (κ2) is 8.10. The molecule has 0 aromatic heterocycles. The summed E-state index contributed by atoms with van der Waals surface area (Å²) in [6.07, 6.45) is 1.69. The third kappa shape index (κ3) is 5.30. The number of carbonyl (C=O) groups is 1. The highest BCUT2D eigenvalue weighted by molar-refractivity contribution is 5.65. The fraction of sp³-hybridized carbons (Fsp3) is 0.278. The van der Waals surface area contributed by atoms with Gasteiger partial charge in [0.25, 0.3) is 0 Å². The molecule has 0 bridgehead atoms. The van der Waals surface area contributed by atoms with Crippen LogP contribution in [0.25, 0.3) is 11.1 Å². The van der Waals surface area contributed by atoms with Gasteiger partial charge in [0, 0.05) is 6.92 Å². The molecule has 0 unspecified atom stereocenters. The summed E-state index contributed by atoms with van der Waals surface area (Å²) in [5.74, 6) is 0.634.